The molecule has 1 aliphatic carbocycles. The predicted octanol–water partition coefficient (Wildman–Crippen LogP) is 7.24. The van der Waals surface area contributed by atoms with Crippen molar-refractivity contribution in [3.63, 3.8) is 0 Å². The smallest absolute Gasteiger partial charge is 0.329 e. The molecule has 0 aromatic heterocycles. The minimum atomic E-state index is -2.43. The monoisotopic (exact) mass is 986 g/mol. The van der Waals surface area contributed by atoms with Gasteiger partial charge in [-0.2, -0.15) is 0 Å². The molecule has 0 spiro atoms. The molecule has 4 aliphatic rings. The molecule has 2 saturated heterocycles. The van der Waals surface area contributed by atoms with Gasteiger partial charge in [0.1, 0.15) is 30.1 Å². The summed E-state index contributed by atoms with van der Waals surface area (Å²) in [4.78, 5) is 72.4. The molecule has 4 rings (SSSR count). The summed E-state index contributed by atoms with van der Waals surface area (Å²) in [5.74, 6) is -7.83. The number of carbonyl (C=O) groups excluding carboxylic acids is 5. The quantitative estimate of drug-likeness (QED) is 0.0911. The summed E-state index contributed by atoms with van der Waals surface area (Å²) in [6.45, 7) is 16.4. The van der Waals surface area contributed by atoms with Crippen molar-refractivity contribution in [1.29, 1.82) is 0 Å². The SMILES string of the molecule is CCOCCO[C@@H]1CC[C@@H](C[C@@H](C)[C@@H]2CC(=O)[C@H](C)/C=C(\C)[C@@H](O)[C@@H](OC)C(=O)[C@H](C)C[C@H](C)/C=C/C=C/C=C(/C)[C@@H](OC)C[C@@H]3CC[C@@H](C)[C@@](O)(O3)C(=O)C(=O)N3CCCC[C@H]3C(=O)O2)C[C@H]1OC. The number of methoxy groups -OCH3 is 3. The van der Waals surface area contributed by atoms with E-state index in [1.165, 1.54) is 12.0 Å². The average molecular weight is 986 g/mol. The van der Waals surface area contributed by atoms with Gasteiger partial charge in [0.25, 0.3) is 11.7 Å². The van der Waals surface area contributed by atoms with E-state index in [0.717, 1.165) is 18.4 Å². The van der Waals surface area contributed by atoms with E-state index in [2.05, 4.69) is 0 Å². The van der Waals surface area contributed by atoms with Crippen LogP contribution in [0.25, 0.3) is 0 Å². The summed E-state index contributed by atoms with van der Waals surface area (Å²) >= 11 is 0. The maximum Gasteiger partial charge on any atom is 0.329 e. The van der Waals surface area contributed by atoms with E-state index in [1.54, 1.807) is 41.1 Å². The van der Waals surface area contributed by atoms with E-state index in [0.29, 0.717) is 76.8 Å². The van der Waals surface area contributed by atoms with Gasteiger partial charge in [0, 0.05) is 65.1 Å². The van der Waals surface area contributed by atoms with Crippen LogP contribution in [-0.2, 0) is 57.1 Å². The largest absolute Gasteiger partial charge is 0.460 e. The highest BCUT2D eigenvalue weighted by atomic mass is 16.6. The maximum atomic E-state index is 14.5. The zero-order valence-electron chi connectivity index (χ0n) is 44.1. The molecular formula is C55H87NO14. The lowest BCUT2D eigenvalue weighted by Crippen LogP contribution is -2.61. The first-order valence-electron chi connectivity index (χ1n) is 26.0. The van der Waals surface area contributed by atoms with Crippen molar-refractivity contribution in [3.8, 4) is 0 Å². The van der Waals surface area contributed by atoms with Crippen LogP contribution in [0, 0.1) is 35.5 Å². The molecule has 0 aromatic rings. The number of aliphatic hydroxyl groups excluding tert-OH is 1. The number of nitrogens with zero attached hydrogens (tertiary/aromatic N) is 1. The topological polar surface area (TPSA) is 194 Å². The molecule has 15 atom stereocenters. The molecule has 70 heavy (non-hydrogen) atoms. The van der Waals surface area contributed by atoms with Crippen molar-refractivity contribution in [2.75, 3.05) is 47.7 Å². The molecule has 2 bridgehead atoms. The van der Waals surface area contributed by atoms with E-state index < -0.39 is 77.8 Å². The molecule has 15 heteroatoms. The molecule has 3 fully saturated rings. The first kappa shape index (κ1) is 59.2. The zero-order valence-corrected chi connectivity index (χ0v) is 44.1. The van der Waals surface area contributed by atoms with E-state index in [1.807, 2.05) is 65.0 Å². The summed E-state index contributed by atoms with van der Waals surface area (Å²) in [5.41, 5.74) is 1.28. The Balaban J connectivity index is 1.68. The number of Topliss-reactive ketones (excluding diaryl/α,β-unsaturated/α-hetero) is 3. The second kappa shape index (κ2) is 28.7. The number of hydrogen-bond donors (Lipinski definition) is 2. The van der Waals surface area contributed by atoms with Crippen molar-refractivity contribution in [1.82, 2.24) is 4.90 Å². The molecule has 0 unspecified atom stereocenters. The Hall–Kier alpha value is -3.41. The number of ketones is 3. The Kier molecular flexibility index (Phi) is 24.3. The number of cyclic esters (lactones) is 1. The predicted molar refractivity (Wildman–Crippen MR) is 265 cm³/mol. The van der Waals surface area contributed by atoms with E-state index in [-0.39, 0.29) is 60.9 Å². The lowest BCUT2D eigenvalue weighted by molar-refractivity contribution is -0.265. The van der Waals surface area contributed by atoms with Gasteiger partial charge in [0.05, 0.1) is 37.6 Å². The van der Waals surface area contributed by atoms with Crippen molar-refractivity contribution >= 4 is 29.2 Å². The second-order valence-corrected chi connectivity index (χ2v) is 20.6. The first-order valence-corrected chi connectivity index (χ1v) is 26.0. The fourth-order valence-corrected chi connectivity index (χ4v) is 10.7. The molecule has 1 saturated carbocycles. The molecule has 1 amide bonds. The number of aliphatic hydroxyl groups is 2. The van der Waals surface area contributed by atoms with Crippen LogP contribution in [-0.4, -0.2) is 147 Å². The number of carbonyl (C=O) groups is 5. The summed E-state index contributed by atoms with van der Waals surface area (Å²) in [7, 11) is 4.64. The average Bonchev–Trinajstić information content (AvgIpc) is 3.34. The van der Waals surface area contributed by atoms with Crippen LogP contribution in [0.5, 0.6) is 0 Å². The van der Waals surface area contributed by atoms with Gasteiger partial charge in [0.2, 0.25) is 5.79 Å². The number of fused-ring (bicyclic) bond motifs is 3. The molecular weight excluding hydrogens is 899 g/mol. The Morgan fingerprint density at radius 1 is 0.843 bits per heavy atom. The molecule has 396 valence electrons. The lowest BCUT2D eigenvalue weighted by atomic mass is 9.78. The van der Waals surface area contributed by atoms with Crippen LogP contribution in [0.3, 0.4) is 0 Å². The molecule has 3 heterocycles. The van der Waals surface area contributed by atoms with E-state index >= 15 is 0 Å². The van der Waals surface area contributed by atoms with Gasteiger partial charge in [-0.15, -0.1) is 0 Å². The summed E-state index contributed by atoms with van der Waals surface area (Å²) in [6.07, 6.45) is 12.4. The van der Waals surface area contributed by atoms with Gasteiger partial charge in [-0.1, -0.05) is 71.1 Å². The van der Waals surface area contributed by atoms with Crippen molar-refractivity contribution in [2.24, 2.45) is 35.5 Å². The highest BCUT2D eigenvalue weighted by molar-refractivity contribution is 6.39. The number of allylic oxidation sites excluding steroid dienone is 6. The number of piperidine rings is 1. The van der Waals surface area contributed by atoms with Crippen LogP contribution >= 0.6 is 0 Å². The third-order valence-corrected chi connectivity index (χ3v) is 15.2. The number of hydrogen-bond acceptors (Lipinski definition) is 14. The van der Waals surface area contributed by atoms with E-state index in [4.69, 9.17) is 33.2 Å². The first-order chi connectivity index (χ1) is 33.3. The molecule has 0 radical (unpaired) electrons. The minimum Gasteiger partial charge on any atom is -0.460 e. The second-order valence-electron chi connectivity index (χ2n) is 20.6. The van der Waals surface area contributed by atoms with Gasteiger partial charge < -0.3 is 48.3 Å². The van der Waals surface area contributed by atoms with Crippen molar-refractivity contribution in [2.45, 2.75) is 187 Å². The van der Waals surface area contributed by atoms with Crippen LogP contribution < -0.4 is 0 Å². The van der Waals surface area contributed by atoms with Gasteiger partial charge in [0.15, 0.2) is 5.78 Å². The Morgan fingerprint density at radius 3 is 2.27 bits per heavy atom. The van der Waals surface area contributed by atoms with E-state index in [9.17, 15) is 34.2 Å². The zero-order chi connectivity index (χ0) is 51.7. The standard InChI is InChI=1S/C55H87NO14/c1-12-67-26-27-68-45-24-22-41(31-48(45)65-10)30-37(5)47-33-44(57)36(4)29-39(7)50(59)51(66-11)49(58)38(6)28-34(2)18-14-13-15-19-35(3)46(64-9)32-42-23-21-40(8)55(63,70-42)52(60)53(61)56-25-17-16-20-43(56)54(62)69-47/h13-15,18-19,29,34,36-38,40-43,45-48,50-51,59,63H,12,16-17,20-28,30-33H2,1-11H3/b15-13+,18-14+,35-19-,39-29+/t34-,36-,37-,38-,40-,41+,42+,43+,45-,46+,47+,48-,50-,51+,55-/m1/s1. The fraction of sp³-hybridized carbons (Fsp3) is 0.764. The molecule has 15 nitrogen and oxygen atoms in total. The van der Waals surface area contributed by atoms with Crippen LogP contribution in [0.4, 0.5) is 0 Å². The Labute approximate surface area is 418 Å². The maximum absolute atomic E-state index is 14.5. The normalized spacial score (nSPS) is 38.4. The van der Waals surface area contributed by atoms with Gasteiger partial charge >= 0.3 is 5.97 Å². The minimum absolute atomic E-state index is 0.0195. The Bertz CT molecular complexity index is 1840. The number of ether oxygens (including phenoxy) is 7. The van der Waals surface area contributed by atoms with Gasteiger partial charge in [-0.3, -0.25) is 19.2 Å². The van der Waals surface area contributed by atoms with Crippen LogP contribution in [0.15, 0.2) is 47.6 Å². The molecule has 0 aromatic carbocycles. The van der Waals surface area contributed by atoms with Gasteiger partial charge in [-0.25, -0.2) is 4.79 Å². The third-order valence-electron chi connectivity index (χ3n) is 15.2. The number of esters is 1. The highest BCUT2D eigenvalue weighted by Gasteiger charge is 2.53. The number of rotatable bonds is 11. The number of amides is 1. The Morgan fingerprint density at radius 2 is 1.59 bits per heavy atom. The van der Waals surface area contributed by atoms with Crippen LogP contribution in [0.2, 0.25) is 0 Å². The van der Waals surface area contributed by atoms with Crippen molar-refractivity contribution in [3.05, 3.63) is 47.6 Å². The molecule has 3 aliphatic heterocycles. The highest BCUT2D eigenvalue weighted by Crippen LogP contribution is 2.38. The van der Waals surface area contributed by atoms with Gasteiger partial charge in [-0.05, 0) is 114 Å². The van der Waals surface area contributed by atoms with Crippen LogP contribution in [0.1, 0.15) is 132 Å². The van der Waals surface area contributed by atoms with Crippen molar-refractivity contribution < 1.29 is 67.3 Å². The third kappa shape index (κ3) is 16.3. The fourth-order valence-electron chi connectivity index (χ4n) is 10.7. The lowest BCUT2D eigenvalue weighted by Gasteiger charge is -2.42. The summed E-state index contributed by atoms with van der Waals surface area (Å²) in [6, 6.07) is -1.14. The molecule has 2 N–H and O–H groups in total. The summed E-state index contributed by atoms with van der Waals surface area (Å²) < 4.78 is 41.5. The summed E-state index contributed by atoms with van der Waals surface area (Å²) in [5, 5.41) is 23.5.